The largest absolute Gasteiger partial charge is 0.417 e. The van der Waals surface area contributed by atoms with Crippen LogP contribution in [-0.2, 0) is 11.0 Å². The van der Waals surface area contributed by atoms with Gasteiger partial charge >= 0.3 is 6.18 Å². The number of nitrogens with two attached hydrogens (primary N) is 1. The minimum atomic E-state index is -4.69. The molecular formula is C18H21F3N4O. The van der Waals surface area contributed by atoms with Crippen molar-refractivity contribution in [3.8, 4) is 6.07 Å². The lowest BCUT2D eigenvalue weighted by Crippen LogP contribution is -2.43. The monoisotopic (exact) mass is 366 g/mol. The van der Waals surface area contributed by atoms with E-state index in [1.165, 1.54) is 17.0 Å². The standard InChI is InChI=1S/C18H21F3N4O/c1-12-24(9-5-4-8-22)17(2,3)16(26)25(12)14-7-6-13(11-23)15(10-14)18(19,20)21/h6-7,10H,1,4-5,8-9,22H2,2-3H3. The lowest BCUT2D eigenvalue weighted by Gasteiger charge is -2.30. The van der Waals surface area contributed by atoms with Crippen LogP contribution in [0, 0.1) is 11.3 Å². The van der Waals surface area contributed by atoms with Crippen molar-refractivity contribution in [3.63, 3.8) is 0 Å². The first-order valence-corrected chi connectivity index (χ1v) is 8.18. The minimum absolute atomic E-state index is 0.0423. The van der Waals surface area contributed by atoms with E-state index in [0.717, 1.165) is 25.0 Å². The van der Waals surface area contributed by atoms with E-state index in [2.05, 4.69) is 6.58 Å². The Bertz CT molecular complexity index is 765. The smallest absolute Gasteiger partial charge is 0.344 e. The van der Waals surface area contributed by atoms with E-state index >= 15 is 0 Å². The lowest BCUT2D eigenvalue weighted by atomic mass is 10.0. The fourth-order valence-corrected chi connectivity index (χ4v) is 3.04. The van der Waals surface area contributed by atoms with Gasteiger partial charge in [0.25, 0.3) is 5.91 Å². The molecular weight excluding hydrogens is 345 g/mol. The lowest BCUT2D eigenvalue weighted by molar-refractivity contribution is -0.137. The molecule has 0 spiro atoms. The summed E-state index contributed by atoms with van der Waals surface area (Å²) in [5, 5.41) is 8.92. The molecule has 2 rings (SSSR count). The number of carbonyl (C=O) groups is 1. The number of alkyl halides is 3. The number of rotatable bonds is 5. The number of anilines is 1. The molecule has 0 saturated carbocycles. The highest BCUT2D eigenvalue weighted by molar-refractivity contribution is 6.05. The Kier molecular flexibility index (Phi) is 5.33. The van der Waals surface area contributed by atoms with Gasteiger partial charge in [0.15, 0.2) is 0 Å². The van der Waals surface area contributed by atoms with Crippen molar-refractivity contribution in [2.45, 2.75) is 38.4 Å². The number of carbonyl (C=O) groups excluding carboxylic acids is 1. The van der Waals surface area contributed by atoms with Crippen molar-refractivity contribution < 1.29 is 18.0 Å². The second-order valence-electron chi connectivity index (χ2n) is 6.60. The second kappa shape index (κ2) is 7.00. The molecule has 8 heteroatoms. The van der Waals surface area contributed by atoms with E-state index < -0.39 is 22.8 Å². The highest BCUT2D eigenvalue weighted by atomic mass is 19.4. The van der Waals surface area contributed by atoms with E-state index in [-0.39, 0.29) is 11.6 Å². The van der Waals surface area contributed by atoms with Crippen molar-refractivity contribution in [1.29, 1.82) is 5.26 Å². The summed E-state index contributed by atoms with van der Waals surface area (Å²) in [6.45, 7) is 8.36. The first-order chi connectivity index (χ1) is 12.1. The van der Waals surface area contributed by atoms with Gasteiger partial charge in [-0.3, -0.25) is 9.69 Å². The van der Waals surface area contributed by atoms with Crippen molar-refractivity contribution >= 4 is 11.6 Å². The van der Waals surface area contributed by atoms with Crippen LogP contribution >= 0.6 is 0 Å². The minimum Gasteiger partial charge on any atom is -0.344 e. The van der Waals surface area contributed by atoms with Crippen LogP contribution in [-0.4, -0.2) is 29.4 Å². The third-order valence-electron chi connectivity index (χ3n) is 4.49. The van der Waals surface area contributed by atoms with Gasteiger partial charge in [-0.15, -0.1) is 0 Å². The molecule has 0 atom stereocenters. The fourth-order valence-electron chi connectivity index (χ4n) is 3.04. The molecule has 0 aliphatic carbocycles. The van der Waals surface area contributed by atoms with Crippen molar-refractivity contribution in [1.82, 2.24) is 4.90 Å². The number of hydrogen-bond acceptors (Lipinski definition) is 4. The Morgan fingerprint density at radius 2 is 1.96 bits per heavy atom. The third-order valence-corrected chi connectivity index (χ3v) is 4.49. The van der Waals surface area contributed by atoms with Crippen LogP contribution in [0.5, 0.6) is 0 Å². The van der Waals surface area contributed by atoms with E-state index in [1.54, 1.807) is 18.7 Å². The van der Waals surface area contributed by atoms with Crippen LogP contribution in [0.4, 0.5) is 18.9 Å². The summed E-state index contributed by atoms with van der Waals surface area (Å²) in [6.07, 6.45) is -3.19. The molecule has 1 aromatic carbocycles. The van der Waals surface area contributed by atoms with Crippen LogP contribution in [0.15, 0.2) is 30.6 Å². The predicted octanol–water partition coefficient (Wildman–Crippen LogP) is 3.21. The topological polar surface area (TPSA) is 73.4 Å². The molecule has 1 fully saturated rings. The number of nitriles is 1. The highest BCUT2D eigenvalue weighted by Gasteiger charge is 2.48. The summed E-state index contributed by atoms with van der Waals surface area (Å²) in [6, 6.07) is 4.76. The molecule has 1 aliphatic heterocycles. The first-order valence-electron chi connectivity index (χ1n) is 8.18. The van der Waals surface area contributed by atoms with Crippen LogP contribution in [0.25, 0.3) is 0 Å². The molecule has 0 unspecified atom stereocenters. The van der Waals surface area contributed by atoms with E-state index in [1.807, 2.05) is 0 Å². The second-order valence-corrected chi connectivity index (χ2v) is 6.60. The first kappa shape index (κ1) is 19.8. The van der Waals surface area contributed by atoms with Gasteiger partial charge in [0, 0.05) is 6.54 Å². The third kappa shape index (κ3) is 3.40. The Balaban J connectivity index is 2.44. The average Bonchev–Trinajstić information content (AvgIpc) is 2.73. The number of hydrogen-bond donors (Lipinski definition) is 1. The number of halogens is 3. The van der Waals surface area contributed by atoms with Crippen molar-refractivity contribution in [3.05, 3.63) is 41.7 Å². The number of unbranched alkanes of at least 4 members (excludes halogenated alkanes) is 1. The van der Waals surface area contributed by atoms with E-state index in [0.29, 0.717) is 18.9 Å². The maximum atomic E-state index is 13.2. The van der Waals surface area contributed by atoms with Crippen molar-refractivity contribution in [2.24, 2.45) is 5.73 Å². The molecule has 1 saturated heterocycles. The Labute approximate surface area is 150 Å². The molecule has 26 heavy (non-hydrogen) atoms. The summed E-state index contributed by atoms with van der Waals surface area (Å²) >= 11 is 0. The summed E-state index contributed by atoms with van der Waals surface area (Å²) in [5.41, 5.74) is 3.04. The van der Waals surface area contributed by atoms with Gasteiger partial charge in [0.05, 0.1) is 22.9 Å². The molecule has 0 bridgehead atoms. The van der Waals surface area contributed by atoms with Crippen LogP contribution < -0.4 is 10.6 Å². The number of nitrogens with zero attached hydrogens (tertiary/aromatic N) is 3. The normalized spacial score (nSPS) is 17.0. The number of amides is 1. The van der Waals surface area contributed by atoms with Crippen LogP contribution in [0.3, 0.4) is 0 Å². The molecule has 140 valence electrons. The zero-order chi connectivity index (χ0) is 19.7. The number of benzene rings is 1. The van der Waals surface area contributed by atoms with Gasteiger partial charge < -0.3 is 10.6 Å². The van der Waals surface area contributed by atoms with Crippen LogP contribution in [0.1, 0.15) is 37.8 Å². The summed E-state index contributed by atoms with van der Waals surface area (Å²) < 4.78 is 39.7. The highest BCUT2D eigenvalue weighted by Crippen LogP contribution is 2.40. The van der Waals surface area contributed by atoms with Crippen LogP contribution in [0.2, 0.25) is 0 Å². The molecule has 0 radical (unpaired) electrons. The van der Waals surface area contributed by atoms with E-state index in [9.17, 15) is 18.0 Å². The molecule has 1 aliphatic rings. The molecule has 1 aromatic rings. The van der Waals surface area contributed by atoms with Gasteiger partial charge in [0.2, 0.25) is 0 Å². The zero-order valence-corrected chi connectivity index (χ0v) is 14.7. The predicted molar refractivity (Wildman–Crippen MR) is 91.9 cm³/mol. The summed E-state index contributed by atoms with van der Waals surface area (Å²) in [7, 11) is 0. The average molecular weight is 366 g/mol. The molecule has 5 nitrogen and oxygen atoms in total. The Morgan fingerprint density at radius 1 is 1.31 bits per heavy atom. The van der Waals surface area contributed by atoms with Gasteiger partial charge in [-0.1, -0.05) is 6.58 Å². The summed E-state index contributed by atoms with van der Waals surface area (Å²) in [4.78, 5) is 15.8. The Hall–Kier alpha value is -2.53. The van der Waals surface area contributed by atoms with Crippen molar-refractivity contribution in [2.75, 3.05) is 18.0 Å². The van der Waals surface area contributed by atoms with E-state index in [4.69, 9.17) is 11.0 Å². The summed E-state index contributed by atoms with van der Waals surface area (Å²) in [5.74, 6) is -0.0528. The fraction of sp³-hybridized carbons (Fsp3) is 0.444. The molecule has 1 heterocycles. The SMILES string of the molecule is C=C1N(c2ccc(C#N)c(C(F)(F)F)c2)C(=O)C(C)(C)N1CCCCN. The van der Waals surface area contributed by atoms with Gasteiger partial charge in [0.1, 0.15) is 11.4 Å². The quantitative estimate of drug-likeness (QED) is 0.812. The molecule has 0 aromatic heterocycles. The molecule has 1 amide bonds. The van der Waals surface area contributed by atoms with Gasteiger partial charge in [-0.05, 0) is 51.4 Å². The maximum absolute atomic E-state index is 13.2. The van der Waals surface area contributed by atoms with Gasteiger partial charge in [-0.2, -0.15) is 18.4 Å². The van der Waals surface area contributed by atoms with Gasteiger partial charge in [-0.25, -0.2) is 0 Å². The molecule has 2 N–H and O–H groups in total. The Morgan fingerprint density at radius 3 is 2.50 bits per heavy atom. The zero-order valence-electron chi connectivity index (χ0n) is 14.7. The maximum Gasteiger partial charge on any atom is 0.417 e.